The van der Waals surface area contributed by atoms with Gasteiger partial charge in [0.2, 0.25) is 11.8 Å². The Hall–Kier alpha value is -5.76. The van der Waals surface area contributed by atoms with Crippen molar-refractivity contribution in [2.24, 2.45) is 0 Å². The molecule has 0 saturated carbocycles. The molecule has 5 heterocycles. The first-order valence-electron chi connectivity index (χ1n) is 22.6. The highest BCUT2D eigenvalue weighted by atomic mass is 32.1. The van der Waals surface area contributed by atoms with E-state index in [-0.39, 0.29) is 35.9 Å². The average molecular weight is 930 g/mol. The molecule has 2 aromatic carbocycles. The van der Waals surface area contributed by atoms with Gasteiger partial charge in [0.15, 0.2) is 10.9 Å². The summed E-state index contributed by atoms with van der Waals surface area (Å²) in [5, 5.41) is 25.7. The third-order valence-corrected chi connectivity index (χ3v) is 13.1. The maximum Gasteiger partial charge on any atom is 0.264 e. The van der Waals surface area contributed by atoms with E-state index in [1.54, 1.807) is 44.6 Å². The van der Waals surface area contributed by atoms with Gasteiger partial charge in [-0.2, -0.15) is 5.10 Å². The number of halogens is 2. The fourth-order valence-electron chi connectivity index (χ4n) is 8.91. The van der Waals surface area contributed by atoms with Crippen molar-refractivity contribution in [3.05, 3.63) is 86.7 Å². The van der Waals surface area contributed by atoms with Gasteiger partial charge in [-0.25, -0.2) is 13.8 Å². The normalized spacial score (nSPS) is 15.7. The number of nitrogens with zero attached hydrogens (tertiary/aromatic N) is 6. The van der Waals surface area contributed by atoms with Crippen molar-refractivity contribution >= 4 is 63.2 Å². The zero-order chi connectivity index (χ0) is 46.7. The van der Waals surface area contributed by atoms with Gasteiger partial charge in [0.1, 0.15) is 0 Å². The smallest absolute Gasteiger partial charge is 0.264 e. The number of nitrogens with one attached hydrogen (secondary N) is 5. The number of anilines is 4. The lowest BCUT2D eigenvalue weighted by molar-refractivity contribution is -0.129. The number of hydrogen-bond donors (Lipinski definition) is 5. The Labute approximate surface area is 388 Å². The minimum absolute atomic E-state index is 0.0202. The summed E-state index contributed by atoms with van der Waals surface area (Å²) >= 11 is 1.43. The molecular weight excluding hydrogens is 869 g/mol. The van der Waals surface area contributed by atoms with Crippen LogP contribution in [0.1, 0.15) is 87.4 Å². The Morgan fingerprint density at radius 1 is 0.985 bits per heavy atom. The van der Waals surface area contributed by atoms with Crippen LogP contribution in [0.5, 0.6) is 0 Å². The molecule has 3 amide bonds. The summed E-state index contributed by atoms with van der Waals surface area (Å²) in [6.07, 6.45) is 5.36. The third-order valence-electron chi connectivity index (χ3n) is 12.2. The molecule has 7 rings (SSSR count). The number of likely N-dealkylation sites (tertiary alicyclic amines) is 1. The number of alkyl halides is 2. The summed E-state index contributed by atoms with van der Waals surface area (Å²) in [4.78, 5) is 49.4. The Morgan fingerprint density at radius 2 is 1.76 bits per heavy atom. The number of piperidine rings is 1. The number of rotatable bonds is 20. The van der Waals surface area contributed by atoms with Crippen LogP contribution in [0.15, 0.2) is 42.7 Å². The zero-order valence-corrected chi connectivity index (χ0v) is 39.0. The van der Waals surface area contributed by atoms with Gasteiger partial charge in [-0.1, -0.05) is 0 Å². The topological polar surface area (TPSA) is 182 Å². The summed E-state index contributed by atoms with van der Waals surface area (Å²) in [7, 11) is 1.68. The maximum absolute atomic E-state index is 14.6. The molecule has 1 fully saturated rings. The summed E-state index contributed by atoms with van der Waals surface area (Å²) in [6.45, 7) is 11.3. The molecule has 0 aliphatic carbocycles. The summed E-state index contributed by atoms with van der Waals surface area (Å²) in [6, 6.07) is 9.03. The SMILES string of the molecule is CN/C=C(\C=N)c1cc2c(cc1C(F)F)N(c1nn(C3CCN(CC(=O)NCCOCCOCCNc4ccc(C(=O)Nc5ncc(C)s5)c(C)c4)CC3)c3c1CN(C(C)=O)CC3)CCC2. The lowest BCUT2D eigenvalue weighted by Crippen LogP contribution is -2.43. The van der Waals surface area contributed by atoms with Gasteiger partial charge >= 0.3 is 0 Å². The van der Waals surface area contributed by atoms with E-state index >= 15 is 0 Å². The van der Waals surface area contributed by atoms with Crippen LogP contribution < -0.4 is 26.2 Å². The van der Waals surface area contributed by atoms with Crippen molar-refractivity contribution < 1.29 is 32.6 Å². The monoisotopic (exact) mass is 929 g/mol. The number of thiazole rings is 1. The first-order chi connectivity index (χ1) is 31.9. The molecule has 16 nitrogen and oxygen atoms in total. The summed E-state index contributed by atoms with van der Waals surface area (Å²) in [5.41, 5.74) is 6.56. The molecular formula is C47H61F2N11O5S. The number of carbonyl (C=O) groups is 3. The van der Waals surface area contributed by atoms with E-state index in [2.05, 4.69) is 35.8 Å². The third kappa shape index (κ3) is 11.8. The average Bonchev–Trinajstić information content (AvgIpc) is 3.90. The van der Waals surface area contributed by atoms with Crippen LogP contribution in [0.3, 0.4) is 0 Å². The van der Waals surface area contributed by atoms with E-state index in [1.165, 1.54) is 11.3 Å². The van der Waals surface area contributed by atoms with Crippen LogP contribution in [0.4, 0.5) is 31.1 Å². The molecule has 3 aliphatic rings. The van der Waals surface area contributed by atoms with Crippen molar-refractivity contribution in [1.82, 2.24) is 35.2 Å². The fraction of sp³-hybridized carbons (Fsp3) is 0.489. The predicted octanol–water partition coefficient (Wildman–Crippen LogP) is 6.24. The molecule has 1 saturated heterocycles. The Balaban J connectivity index is 0.845. The van der Waals surface area contributed by atoms with Gasteiger partial charge < -0.3 is 40.6 Å². The van der Waals surface area contributed by atoms with Gasteiger partial charge in [0.05, 0.1) is 45.6 Å². The molecule has 2 aromatic heterocycles. The van der Waals surface area contributed by atoms with Crippen LogP contribution in [0.25, 0.3) is 5.57 Å². The number of carbonyl (C=O) groups excluding carboxylic acids is 3. The van der Waals surface area contributed by atoms with Crippen LogP contribution in [0.2, 0.25) is 0 Å². The van der Waals surface area contributed by atoms with Crippen molar-refractivity contribution in [2.75, 3.05) is 94.8 Å². The molecule has 4 aromatic rings. The highest BCUT2D eigenvalue weighted by Gasteiger charge is 2.35. The molecule has 354 valence electrons. The Kier molecular flexibility index (Phi) is 16.5. The Bertz CT molecular complexity index is 2400. The first-order valence-corrected chi connectivity index (χ1v) is 23.4. The highest BCUT2D eigenvalue weighted by Crippen LogP contribution is 2.43. The zero-order valence-electron chi connectivity index (χ0n) is 38.2. The maximum atomic E-state index is 14.6. The van der Waals surface area contributed by atoms with E-state index in [0.717, 1.165) is 58.4 Å². The van der Waals surface area contributed by atoms with Crippen LogP contribution in [-0.2, 0) is 38.4 Å². The van der Waals surface area contributed by atoms with E-state index in [9.17, 15) is 23.2 Å². The number of hydrogen-bond acceptors (Lipinski definition) is 13. The van der Waals surface area contributed by atoms with Gasteiger partial charge in [-0.15, -0.1) is 11.3 Å². The molecule has 0 radical (unpaired) electrons. The number of fused-ring (bicyclic) bond motifs is 2. The number of amides is 3. The van der Waals surface area contributed by atoms with Crippen molar-refractivity contribution in [3.63, 3.8) is 0 Å². The second kappa shape index (κ2) is 22.6. The van der Waals surface area contributed by atoms with Gasteiger partial charge in [0, 0.05) is 122 Å². The first kappa shape index (κ1) is 48.2. The minimum Gasteiger partial charge on any atom is -0.393 e. The molecule has 0 atom stereocenters. The highest BCUT2D eigenvalue weighted by molar-refractivity contribution is 7.15. The number of benzene rings is 2. The standard InChI is InChI=1S/C47H61F2N11O5S/c1-30-22-35(7-8-37(30)46(63)55-47-54-26-31(2)66-47)52-12-18-64-20-21-65-19-13-53-43(62)29-57-15-9-36(10-16-57)60-41-11-17-58(32(3)61)28-40(41)45(56-60)59-14-5-6-33-23-38(34(25-50)27-51-4)39(44(48)49)24-42(33)59/h7-8,22-27,36,44,50-52H,5-6,9-21,28-29H2,1-4H3,(H,53,62)(H,54,55,63)/b34-27+,50-25?. The van der Waals surface area contributed by atoms with E-state index in [4.69, 9.17) is 20.0 Å². The van der Waals surface area contributed by atoms with Gasteiger partial charge in [0.25, 0.3) is 12.3 Å². The van der Waals surface area contributed by atoms with Crippen molar-refractivity contribution in [1.29, 1.82) is 5.41 Å². The predicted molar refractivity (Wildman–Crippen MR) is 253 cm³/mol. The second-order valence-electron chi connectivity index (χ2n) is 16.8. The van der Waals surface area contributed by atoms with Crippen molar-refractivity contribution in [3.8, 4) is 0 Å². The van der Waals surface area contributed by atoms with E-state index < -0.39 is 6.43 Å². The van der Waals surface area contributed by atoms with Crippen LogP contribution >= 0.6 is 11.3 Å². The molecule has 0 unspecified atom stereocenters. The molecule has 3 aliphatic heterocycles. The molecule has 19 heteroatoms. The lowest BCUT2D eigenvalue weighted by atomic mass is 9.92. The summed E-state index contributed by atoms with van der Waals surface area (Å²) < 4.78 is 42.8. The number of allylic oxidation sites excluding steroid dienone is 1. The number of aryl methyl sites for hydroxylation is 3. The summed E-state index contributed by atoms with van der Waals surface area (Å²) in [5.74, 6) is 0.431. The lowest BCUT2D eigenvalue weighted by Gasteiger charge is -2.33. The van der Waals surface area contributed by atoms with E-state index in [0.29, 0.717) is 118 Å². The van der Waals surface area contributed by atoms with Crippen LogP contribution in [-0.4, -0.2) is 128 Å². The minimum atomic E-state index is -2.74. The van der Waals surface area contributed by atoms with Crippen molar-refractivity contribution in [2.45, 2.75) is 71.9 Å². The Morgan fingerprint density at radius 3 is 2.44 bits per heavy atom. The molecule has 66 heavy (non-hydrogen) atoms. The molecule has 0 spiro atoms. The largest absolute Gasteiger partial charge is 0.393 e. The van der Waals surface area contributed by atoms with E-state index in [1.807, 2.05) is 35.8 Å². The fourth-order valence-corrected chi connectivity index (χ4v) is 9.57. The van der Waals surface area contributed by atoms with Crippen LogP contribution in [0, 0.1) is 19.3 Å². The molecule has 5 N–H and O–H groups in total. The molecule has 0 bridgehead atoms. The quantitative estimate of drug-likeness (QED) is 0.0500. The second-order valence-corrected chi connectivity index (χ2v) is 18.0. The van der Waals surface area contributed by atoms with Gasteiger partial charge in [-0.3, -0.25) is 29.3 Å². The number of ether oxygens (including phenoxy) is 2. The van der Waals surface area contributed by atoms with Gasteiger partial charge in [-0.05, 0) is 86.6 Å². The number of aromatic nitrogens is 3.